The van der Waals surface area contributed by atoms with Crippen molar-refractivity contribution in [2.24, 2.45) is 5.92 Å². The van der Waals surface area contributed by atoms with Gasteiger partial charge in [-0.3, -0.25) is 0 Å². The van der Waals surface area contributed by atoms with E-state index in [0.29, 0.717) is 5.92 Å². The number of rotatable bonds is 6. The molecule has 0 saturated heterocycles. The Morgan fingerprint density at radius 1 is 1.53 bits per heavy atom. The Bertz CT molecular complexity index is 291. The van der Waals surface area contributed by atoms with E-state index in [-0.39, 0.29) is 0 Å². The molecule has 0 aliphatic rings. The Kier molecular flexibility index (Phi) is 5.32. The fraction of sp³-hybridized carbons (Fsp3) is 0.545. The fourth-order valence-electron chi connectivity index (χ4n) is 1.31. The smallest absolute Gasteiger partial charge is 0.127 e. The van der Waals surface area contributed by atoms with Crippen molar-refractivity contribution >= 4 is 23.3 Å². The number of aromatic nitrogens is 1. The number of hydrogen-bond donors (Lipinski definition) is 2. The van der Waals surface area contributed by atoms with Gasteiger partial charge in [0.2, 0.25) is 0 Å². The minimum absolute atomic E-state index is 0.686. The second-order valence-corrected chi connectivity index (χ2v) is 4.53. The maximum absolute atomic E-state index is 4.17. The summed E-state index contributed by atoms with van der Waals surface area (Å²) in [5.74, 6) is 2.78. The Hall–Kier alpha value is -0.900. The Morgan fingerprint density at radius 3 is 3.00 bits per heavy atom. The van der Waals surface area contributed by atoms with E-state index < -0.39 is 0 Å². The van der Waals surface area contributed by atoms with Gasteiger partial charge in [0.05, 0.1) is 0 Å². The first kappa shape index (κ1) is 12.2. The molecule has 1 aromatic rings. The number of nitrogens with zero attached hydrogens (tertiary/aromatic N) is 1. The predicted molar refractivity (Wildman–Crippen MR) is 69.8 cm³/mol. The molecule has 0 aliphatic carbocycles. The van der Waals surface area contributed by atoms with Gasteiger partial charge >= 0.3 is 0 Å². The summed E-state index contributed by atoms with van der Waals surface area (Å²) in [6.07, 6.45) is 3.95. The molecule has 3 nitrogen and oxygen atoms in total. The Balaban J connectivity index is 2.43. The molecule has 1 unspecified atom stereocenters. The van der Waals surface area contributed by atoms with Gasteiger partial charge in [-0.25, -0.2) is 4.98 Å². The molecule has 2 N–H and O–H groups in total. The first-order chi connectivity index (χ1) is 7.26. The van der Waals surface area contributed by atoms with Crippen molar-refractivity contribution in [3.05, 3.63) is 18.3 Å². The van der Waals surface area contributed by atoms with Crippen LogP contribution < -0.4 is 10.6 Å². The highest BCUT2D eigenvalue weighted by molar-refractivity contribution is 7.98. The summed E-state index contributed by atoms with van der Waals surface area (Å²) in [7, 11) is 1.88. The van der Waals surface area contributed by atoms with Crippen LogP contribution in [0.2, 0.25) is 0 Å². The van der Waals surface area contributed by atoms with E-state index >= 15 is 0 Å². The minimum atomic E-state index is 0.686. The molecule has 1 atom stereocenters. The molecule has 0 aromatic carbocycles. The molecule has 1 rings (SSSR count). The lowest BCUT2D eigenvalue weighted by molar-refractivity contribution is 0.701. The van der Waals surface area contributed by atoms with Gasteiger partial charge in [0.15, 0.2) is 0 Å². The standard InChI is InChI=1S/C11H19N3S/c1-9(8-15-3)7-14-10-4-5-13-11(6-10)12-2/h4-6,9H,7-8H2,1-3H3,(H2,12,13,14). The molecule has 1 aromatic heterocycles. The summed E-state index contributed by atoms with van der Waals surface area (Å²) in [5, 5.41) is 6.44. The zero-order chi connectivity index (χ0) is 11.1. The molecule has 4 heteroatoms. The summed E-state index contributed by atoms with van der Waals surface area (Å²) >= 11 is 1.89. The average Bonchev–Trinajstić information content (AvgIpc) is 2.27. The lowest BCUT2D eigenvalue weighted by Gasteiger charge is -2.12. The van der Waals surface area contributed by atoms with Gasteiger partial charge in [-0.2, -0.15) is 11.8 Å². The number of thioether (sulfide) groups is 1. The van der Waals surface area contributed by atoms with E-state index in [0.717, 1.165) is 18.1 Å². The maximum Gasteiger partial charge on any atom is 0.127 e. The molecule has 1 heterocycles. The monoisotopic (exact) mass is 225 g/mol. The highest BCUT2D eigenvalue weighted by Crippen LogP contribution is 2.12. The number of nitrogens with one attached hydrogen (secondary N) is 2. The van der Waals surface area contributed by atoms with Crippen molar-refractivity contribution in [2.75, 3.05) is 36.2 Å². The number of pyridine rings is 1. The first-order valence-electron chi connectivity index (χ1n) is 5.13. The Labute approximate surface area is 96.1 Å². The van der Waals surface area contributed by atoms with Gasteiger partial charge in [-0.05, 0) is 24.0 Å². The maximum atomic E-state index is 4.17. The van der Waals surface area contributed by atoms with E-state index in [1.165, 1.54) is 5.75 Å². The van der Waals surface area contributed by atoms with Crippen LogP contribution in [-0.4, -0.2) is 30.6 Å². The van der Waals surface area contributed by atoms with Crippen LogP contribution in [0.1, 0.15) is 6.92 Å². The molecule has 0 bridgehead atoms. The van der Waals surface area contributed by atoms with Crippen LogP contribution in [0.15, 0.2) is 18.3 Å². The van der Waals surface area contributed by atoms with Gasteiger partial charge in [0, 0.05) is 31.5 Å². The van der Waals surface area contributed by atoms with Gasteiger partial charge in [-0.1, -0.05) is 6.92 Å². The second kappa shape index (κ2) is 6.56. The van der Waals surface area contributed by atoms with Gasteiger partial charge < -0.3 is 10.6 Å². The summed E-state index contributed by atoms with van der Waals surface area (Å²) in [5.41, 5.74) is 1.13. The molecular formula is C11H19N3S. The zero-order valence-electron chi connectivity index (χ0n) is 9.58. The molecule has 0 amide bonds. The van der Waals surface area contributed by atoms with Crippen molar-refractivity contribution in [3.63, 3.8) is 0 Å². The van der Waals surface area contributed by atoms with Crippen molar-refractivity contribution in [1.29, 1.82) is 0 Å². The third-order valence-electron chi connectivity index (χ3n) is 2.12. The first-order valence-corrected chi connectivity index (χ1v) is 6.52. The van der Waals surface area contributed by atoms with E-state index in [2.05, 4.69) is 28.8 Å². The third kappa shape index (κ3) is 4.42. The summed E-state index contributed by atoms with van der Waals surface area (Å²) in [6.45, 7) is 3.26. The van der Waals surface area contributed by atoms with Crippen molar-refractivity contribution in [2.45, 2.75) is 6.92 Å². The quantitative estimate of drug-likeness (QED) is 0.780. The highest BCUT2D eigenvalue weighted by Gasteiger charge is 2.01. The third-order valence-corrected chi connectivity index (χ3v) is 3.02. The van der Waals surface area contributed by atoms with Crippen LogP contribution in [0.3, 0.4) is 0 Å². The van der Waals surface area contributed by atoms with Crippen LogP contribution in [0.5, 0.6) is 0 Å². The summed E-state index contributed by atoms with van der Waals surface area (Å²) < 4.78 is 0. The summed E-state index contributed by atoms with van der Waals surface area (Å²) in [6, 6.07) is 4.01. The number of anilines is 2. The van der Waals surface area contributed by atoms with E-state index in [9.17, 15) is 0 Å². The van der Waals surface area contributed by atoms with E-state index in [1.54, 1.807) is 0 Å². The van der Waals surface area contributed by atoms with E-state index in [4.69, 9.17) is 0 Å². The van der Waals surface area contributed by atoms with Crippen LogP contribution >= 0.6 is 11.8 Å². The van der Waals surface area contributed by atoms with E-state index in [1.807, 2.05) is 37.1 Å². The average molecular weight is 225 g/mol. The molecular weight excluding hydrogens is 206 g/mol. The van der Waals surface area contributed by atoms with Crippen LogP contribution in [0.25, 0.3) is 0 Å². The van der Waals surface area contributed by atoms with Crippen LogP contribution in [-0.2, 0) is 0 Å². The largest absolute Gasteiger partial charge is 0.385 e. The van der Waals surface area contributed by atoms with Crippen molar-refractivity contribution in [1.82, 2.24) is 4.98 Å². The second-order valence-electron chi connectivity index (χ2n) is 3.62. The summed E-state index contributed by atoms with van der Waals surface area (Å²) in [4.78, 5) is 4.17. The molecule has 0 fully saturated rings. The van der Waals surface area contributed by atoms with Gasteiger partial charge in [0.1, 0.15) is 5.82 Å². The number of hydrogen-bond acceptors (Lipinski definition) is 4. The molecule has 0 aliphatic heterocycles. The molecule has 84 valence electrons. The van der Waals surface area contributed by atoms with Gasteiger partial charge in [-0.15, -0.1) is 0 Å². The SMILES string of the molecule is CNc1cc(NCC(C)CSC)ccn1. The van der Waals surface area contributed by atoms with Crippen LogP contribution in [0, 0.1) is 5.92 Å². The molecule has 15 heavy (non-hydrogen) atoms. The molecule has 0 radical (unpaired) electrons. The highest BCUT2D eigenvalue weighted by atomic mass is 32.2. The normalized spacial score (nSPS) is 12.2. The van der Waals surface area contributed by atoms with Crippen molar-refractivity contribution in [3.8, 4) is 0 Å². The lowest BCUT2D eigenvalue weighted by atomic mass is 10.2. The predicted octanol–water partition coefficient (Wildman–Crippen LogP) is 2.53. The molecule has 0 saturated carbocycles. The van der Waals surface area contributed by atoms with Crippen molar-refractivity contribution < 1.29 is 0 Å². The lowest BCUT2D eigenvalue weighted by Crippen LogP contribution is -2.13. The Morgan fingerprint density at radius 2 is 2.33 bits per heavy atom. The van der Waals surface area contributed by atoms with Crippen LogP contribution in [0.4, 0.5) is 11.5 Å². The minimum Gasteiger partial charge on any atom is -0.385 e. The fourth-order valence-corrected chi connectivity index (χ4v) is 2.00. The molecule has 0 spiro atoms. The zero-order valence-corrected chi connectivity index (χ0v) is 10.4. The topological polar surface area (TPSA) is 37.0 Å². The van der Waals surface area contributed by atoms with Gasteiger partial charge in [0.25, 0.3) is 0 Å².